The molecule has 1 N–H and O–H groups in total. The van der Waals surface area contributed by atoms with Crippen molar-refractivity contribution in [1.82, 2.24) is 5.32 Å². The Kier molecular flexibility index (Phi) is 6.73. The molecule has 0 fully saturated rings. The Balaban J connectivity index is 2.49. The van der Waals surface area contributed by atoms with Crippen LogP contribution in [0.4, 0.5) is 0 Å². The Hall–Kier alpha value is 0.300. The quantitative estimate of drug-likeness (QED) is 0.740. The number of thioether (sulfide) groups is 1. The van der Waals surface area contributed by atoms with Crippen molar-refractivity contribution >= 4 is 34.7 Å². The molecular formula is C11H18ClNS2. The molecule has 0 aromatic carbocycles. The Morgan fingerprint density at radius 1 is 1.47 bits per heavy atom. The maximum absolute atomic E-state index is 5.95. The van der Waals surface area contributed by atoms with E-state index in [0.29, 0.717) is 6.04 Å². The molecule has 0 aliphatic rings. The van der Waals surface area contributed by atoms with Gasteiger partial charge in [-0.2, -0.15) is 11.8 Å². The largest absolute Gasteiger partial charge is 0.309 e. The summed E-state index contributed by atoms with van der Waals surface area (Å²) in [7, 11) is 0. The second-order valence-electron chi connectivity index (χ2n) is 3.33. The minimum Gasteiger partial charge on any atom is -0.309 e. The zero-order chi connectivity index (χ0) is 11.1. The van der Waals surface area contributed by atoms with Crippen LogP contribution in [0, 0.1) is 0 Å². The number of rotatable bonds is 7. The van der Waals surface area contributed by atoms with Gasteiger partial charge in [0.05, 0.1) is 10.4 Å². The molecule has 0 radical (unpaired) electrons. The van der Waals surface area contributed by atoms with Crippen LogP contribution < -0.4 is 5.32 Å². The highest BCUT2D eigenvalue weighted by atomic mass is 35.5. The topological polar surface area (TPSA) is 12.0 Å². The first-order chi connectivity index (χ1) is 7.27. The molecule has 0 aliphatic heterocycles. The maximum Gasteiger partial charge on any atom is 0.0931 e. The van der Waals surface area contributed by atoms with Crippen LogP contribution in [-0.4, -0.2) is 18.1 Å². The van der Waals surface area contributed by atoms with Gasteiger partial charge in [-0.25, -0.2) is 0 Å². The molecule has 1 rings (SSSR count). The Morgan fingerprint density at radius 2 is 2.27 bits per heavy atom. The van der Waals surface area contributed by atoms with E-state index in [2.05, 4.69) is 25.2 Å². The van der Waals surface area contributed by atoms with E-state index in [-0.39, 0.29) is 0 Å². The molecule has 1 atom stereocenters. The number of nitrogens with one attached hydrogen (secondary N) is 1. The molecule has 0 bridgehead atoms. The van der Waals surface area contributed by atoms with Gasteiger partial charge in [-0.3, -0.25) is 0 Å². The van der Waals surface area contributed by atoms with Crippen molar-refractivity contribution in [3.8, 4) is 0 Å². The van der Waals surface area contributed by atoms with Crippen molar-refractivity contribution in [3.05, 3.63) is 21.3 Å². The summed E-state index contributed by atoms with van der Waals surface area (Å²) in [4.78, 5) is 1.35. The van der Waals surface area contributed by atoms with Crippen LogP contribution in [0.2, 0.25) is 4.34 Å². The van der Waals surface area contributed by atoms with Crippen LogP contribution in [-0.2, 0) is 0 Å². The molecule has 4 heteroatoms. The van der Waals surface area contributed by atoms with Crippen LogP contribution in [0.5, 0.6) is 0 Å². The second-order valence-corrected chi connectivity index (χ2v) is 6.22. The first kappa shape index (κ1) is 13.4. The van der Waals surface area contributed by atoms with Crippen molar-refractivity contribution in [2.45, 2.75) is 26.3 Å². The van der Waals surface area contributed by atoms with Crippen LogP contribution >= 0.6 is 34.7 Å². The average Bonchev–Trinajstić information content (AvgIpc) is 2.64. The number of thiophene rings is 1. The number of hydrogen-bond acceptors (Lipinski definition) is 3. The zero-order valence-electron chi connectivity index (χ0n) is 9.25. The van der Waals surface area contributed by atoms with E-state index >= 15 is 0 Å². The fourth-order valence-electron chi connectivity index (χ4n) is 1.35. The van der Waals surface area contributed by atoms with Gasteiger partial charge in [0.25, 0.3) is 0 Å². The Labute approximate surface area is 106 Å². The lowest BCUT2D eigenvalue weighted by Gasteiger charge is -2.15. The van der Waals surface area contributed by atoms with E-state index in [1.165, 1.54) is 17.1 Å². The summed E-state index contributed by atoms with van der Waals surface area (Å²) in [5, 5.41) is 3.50. The standard InChI is InChI=1S/C11H18ClNS2/c1-3-7-14-8-9(13-4-2)10-5-6-11(12)15-10/h5-6,9,13H,3-4,7-8H2,1-2H3. The minimum absolute atomic E-state index is 0.462. The lowest BCUT2D eigenvalue weighted by atomic mass is 10.3. The number of halogens is 1. The molecule has 1 nitrogen and oxygen atoms in total. The van der Waals surface area contributed by atoms with Gasteiger partial charge in [0.1, 0.15) is 0 Å². The Morgan fingerprint density at radius 3 is 2.80 bits per heavy atom. The minimum atomic E-state index is 0.462. The maximum atomic E-state index is 5.95. The molecule has 0 saturated carbocycles. The molecule has 1 aromatic heterocycles. The first-order valence-electron chi connectivity index (χ1n) is 5.34. The summed E-state index contributed by atoms with van der Waals surface area (Å²) in [6.45, 7) is 5.37. The molecule has 1 aromatic rings. The van der Waals surface area contributed by atoms with Gasteiger partial charge in [0, 0.05) is 10.6 Å². The van der Waals surface area contributed by atoms with Gasteiger partial charge in [0.15, 0.2) is 0 Å². The average molecular weight is 264 g/mol. The summed E-state index contributed by atoms with van der Waals surface area (Å²) in [6.07, 6.45) is 1.24. The van der Waals surface area contributed by atoms with Crippen molar-refractivity contribution in [2.24, 2.45) is 0 Å². The summed E-state index contributed by atoms with van der Waals surface area (Å²) in [5.74, 6) is 2.37. The molecule has 0 amide bonds. The van der Waals surface area contributed by atoms with Crippen LogP contribution in [0.15, 0.2) is 12.1 Å². The van der Waals surface area contributed by atoms with E-state index in [4.69, 9.17) is 11.6 Å². The Bertz CT molecular complexity index is 275. The third-order valence-corrected chi connectivity index (χ3v) is 4.63. The molecule has 1 heterocycles. The van der Waals surface area contributed by atoms with Crippen molar-refractivity contribution in [1.29, 1.82) is 0 Å². The van der Waals surface area contributed by atoms with E-state index in [1.807, 2.05) is 17.8 Å². The lowest BCUT2D eigenvalue weighted by Crippen LogP contribution is -2.22. The van der Waals surface area contributed by atoms with Gasteiger partial charge in [0.2, 0.25) is 0 Å². The van der Waals surface area contributed by atoms with E-state index in [0.717, 1.165) is 16.6 Å². The fourth-order valence-corrected chi connectivity index (χ4v) is 3.58. The first-order valence-corrected chi connectivity index (χ1v) is 7.69. The normalized spacial score (nSPS) is 13.0. The third-order valence-electron chi connectivity index (χ3n) is 2.02. The van der Waals surface area contributed by atoms with Crippen LogP contribution in [0.25, 0.3) is 0 Å². The summed E-state index contributed by atoms with van der Waals surface area (Å²) in [6, 6.07) is 4.58. The zero-order valence-corrected chi connectivity index (χ0v) is 11.6. The molecule has 15 heavy (non-hydrogen) atoms. The highest BCUT2D eigenvalue weighted by Crippen LogP contribution is 2.28. The second kappa shape index (κ2) is 7.55. The van der Waals surface area contributed by atoms with Gasteiger partial charge < -0.3 is 5.32 Å². The lowest BCUT2D eigenvalue weighted by molar-refractivity contribution is 0.615. The van der Waals surface area contributed by atoms with Gasteiger partial charge in [-0.15, -0.1) is 11.3 Å². The van der Waals surface area contributed by atoms with Gasteiger partial charge >= 0.3 is 0 Å². The summed E-state index contributed by atoms with van der Waals surface area (Å²) in [5.41, 5.74) is 0. The summed E-state index contributed by atoms with van der Waals surface area (Å²) >= 11 is 9.64. The van der Waals surface area contributed by atoms with Crippen molar-refractivity contribution < 1.29 is 0 Å². The van der Waals surface area contributed by atoms with E-state index < -0.39 is 0 Å². The molecule has 0 saturated heterocycles. The summed E-state index contributed by atoms with van der Waals surface area (Å²) < 4.78 is 0.883. The highest BCUT2D eigenvalue weighted by Gasteiger charge is 2.12. The predicted molar refractivity (Wildman–Crippen MR) is 73.4 cm³/mol. The fraction of sp³-hybridized carbons (Fsp3) is 0.636. The third kappa shape index (κ3) is 4.77. The van der Waals surface area contributed by atoms with Crippen molar-refractivity contribution in [3.63, 3.8) is 0 Å². The van der Waals surface area contributed by atoms with Crippen LogP contribution in [0.1, 0.15) is 31.2 Å². The van der Waals surface area contributed by atoms with Crippen LogP contribution in [0.3, 0.4) is 0 Å². The smallest absolute Gasteiger partial charge is 0.0931 e. The molecule has 0 spiro atoms. The van der Waals surface area contributed by atoms with Gasteiger partial charge in [-0.05, 0) is 30.9 Å². The molecule has 0 aliphatic carbocycles. The van der Waals surface area contributed by atoms with E-state index in [1.54, 1.807) is 11.3 Å². The van der Waals surface area contributed by atoms with Crippen molar-refractivity contribution in [2.75, 3.05) is 18.1 Å². The highest BCUT2D eigenvalue weighted by molar-refractivity contribution is 7.99. The monoisotopic (exact) mass is 263 g/mol. The molecule has 1 unspecified atom stereocenters. The van der Waals surface area contributed by atoms with E-state index in [9.17, 15) is 0 Å². The van der Waals surface area contributed by atoms with Gasteiger partial charge in [-0.1, -0.05) is 25.4 Å². The molecule has 86 valence electrons. The molecular weight excluding hydrogens is 246 g/mol. The number of hydrogen-bond donors (Lipinski definition) is 1. The predicted octanol–water partition coefficient (Wildman–Crippen LogP) is 4.20. The SMILES string of the molecule is CCCSCC(NCC)c1ccc(Cl)s1.